The van der Waals surface area contributed by atoms with Gasteiger partial charge >= 0.3 is 5.95 Å². The fraction of sp³-hybridized carbons (Fsp3) is 0.278. The molecule has 0 saturated heterocycles. The summed E-state index contributed by atoms with van der Waals surface area (Å²) in [5, 5.41) is 14.2. The van der Waals surface area contributed by atoms with Crippen molar-refractivity contribution in [3.63, 3.8) is 0 Å². The van der Waals surface area contributed by atoms with Gasteiger partial charge in [0, 0.05) is 0 Å². The van der Waals surface area contributed by atoms with Crippen LogP contribution in [0.25, 0.3) is 11.0 Å². The Balaban J connectivity index is 1.53. The molecule has 6 heteroatoms. The molecule has 0 spiro atoms. The number of anilines is 1. The van der Waals surface area contributed by atoms with Crippen LogP contribution in [0.1, 0.15) is 11.7 Å². The number of rotatable bonds is 3. The molecule has 0 amide bonds. The van der Waals surface area contributed by atoms with Crippen LogP contribution < -0.4 is 19.4 Å². The Morgan fingerprint density at radius 1 is 1.17 bits per heavy atom. The molecule has 3 aromatic rings. The lowest BCUT2D eigenvalue weighted by Crippen LogP contribution is -2.29. The molecule has 122 valence electrons. The van der Waals surface area contributed by atoms with E-state index in [2.05, 4.69) is 26.6 Å². The Bertz CT molecular complexity index is 935. The molecule has 2 aromatic carbocycles. The maximum absolute atomic E-state index is 10.8. The van der Waals surface area contributed by atoms with E-state index in [0.717, 1.165) is 35.9 Å². The Kier molecular flexibility index (Phi) is 2.93. The molecular weight excluding hydrogens is 306 g/mol. The second kappa shape index (κ2) is 5.14. The molecule has 1 aromatic heterocycles. The lowest BCUT2D eigenvalue weighted by Gasteiger charge is -2.11. The molecule has 0 fully saturated rings. The molecular formula is C18H18N3O3+. The maximum atomic E-state index is 10.8. The zero-order valence-corrected chi connectivity index (χ0v) is 13.1. The molecule has 0 aliphatic carbocycles. The largest absolute Gasteiger partial charge is 0.454 e. The molecule has 2 aliphatic heterocycles. The molecule has 2 aliphatic rings. The Hall–Kier alpha value is -2.73. The summed E-state index contributed by atoms with van der Waals surface area (Å²) in [6, 6.07) is 13.9. The first kappa shape index (κ1) is 13.7. The highest BCUT2D eigenvalue weighted by molar-refractivity contribution is 5.74. The van der Waals surface area contributed by atoms with E-state index >= 15 is 0 Å². The number of nitrogens with zero attached hydrogens (tertiary/aromatic N) is 2. The van der Waals surface area contributed by atoms with Crippen molar-refractivity contribution in [1.82, 2.24) is 4.57 Å². The van der Waals surface area contributed by atoms with Gasteiger partial charge in [0.25, 0.3) is 0 Å². The van der Waals surface area contributed by atoms with Gasteiger partial charge in [-0.05, 0) is 29.8 Å². The first-order valence-electron chi connectivity index (χ1n) is 8.14. The maximum Gasteiger partial charge on any atom is 0.358 e. The van der Waals surface area contributed by atoms with Crippen molar-refractivity contribution < 1.29 is 19.1 Å². The highest BCUT2D eigenvalue weighted by atomic mass is 16.7. The fourth-order valence-corrected chi connectivity index (χ4v) is 3.57. The first-order valence-corrected chi connectivity index (χ1v) is 8.14. The van der Waals surface area contributed by atoms with E-state index in [1.165, 1.54) is 5.52 Å². The smallest absolute Gasteiger partial charge is 0.358 e. The number of para-hydroxylation sites is 2. The van der Waals surface area contributed by atoms with Gasteiger partial charge in [-0.3, -0.25) is 5.32 Å². The van der Waals surface area contributed by atoms with Crippen molar-refractivity contribution in [2.75, 3.05) is 18.7 Å². The van der Waals surface area contributed by atoms with E-state index in [-0.39, 0.29) is 6.79 Å². The number of aliphatic hydroxyl groups excluding tert-OH is 1. The van der Waals surface area contributed by atoms with Crippen molar-refractivity contribution in [1.29, 1.82) is 0 Å². The third-order valence-corrected chi connectivity index (χ3v) is 4.73. The van der Waals surface area contributed by atoms with Crippen LogP contribution in [0.3, 0.4) is 0 Å². The highest BCUT2D eigenvalue weighted by Gasteiger charge is 2.29. The number of hydrogen-bond acceptors (Lipinski definition) is 4. The molecule has 6 nitrogen and oxygen atoms in total. The fourth-order valence-electron chi connectivity index (χ4n) is 3.57. The van der Waals surface area contributed by atoms with Crippen LogP contribution in [-0.2, 0) is 13.1 Å². The second-order valence-corrected chi connectivity index (χ2v) is 6.13. The summed E-state index contributed by atoms with van der Waals surface area (Å²) in [7, 11) is 0. The summed E-state index contributed by atoms with van der Waals surface area (Å²) < 4.78 is 15.2. The molecule has 3 heterocycles. The van der Waals surface area contributed by atoms with E-state index < -0.39 is 6.10 Å². The summed E-state index contributed by atoms with van der Waals surface area (Å²) >= 11 is 0. The zero-order chi connectivity index (χ0) is 16.1. The van der Waals surface area contributed by atoms with Crippen LogP contribution in [0.4, 0.5) is 5.95 Å². The Morgan fingerprint density at radius 2 is 2.04 bits per heavy atom. The van der Waals surface area contributed by atoms with E-state index in [4.69, 9.17) is 9.47 Å². The lowest BCUT2D eigenvalue weighted by atomic mass is 10.1. The van der Waals surface area contributed by atoms with Crippen molar-refractivity contribution >= 4 is 17.0 Å². The topological polar surface area (TPSA) is 59.5 Å². The SMILES string of the molecule is OC(Cn1c2[n+](c3ccccc31)CCN2)c1ccc2c(c1)OCO2. The molecule has 24 heavy (non-hydrogen) atoms. The van der Waals surface area contributed by atoms with Crippen molar-refractivity contribution in [3.05, 3.63) is 48.0 Å². The molecule has 0 bridgehead atoms. The minimum atomic E-state index is -0.623. The van der Waals surface area contributed by atoms with Gasteiger partial charge in [-0.15, -0.1) is 0 Å². The van der Waals surface area contributed by atoms with Gasteiger partial charge in [0.1, 0.15) is 30.2 Å². The average Bonchev–Trinajstić information content (AvgIpc) is 3.31. The van der Waals surface area contributed by atoms with Gasteiger partial charge in [-0.25, -0.2) is 9.13 Å². The standard InChI is InChI=1S/C18H17N3O3/c22-15(12-5-6-16-17(9-12)24-11-23-16)10-21-14-4-2-1-3-13(14)20-8-7-19-18(20)21/h1-6,9,15,22H,7-8,10-11H2/p+1. The van der Waals surface area contributed by atoms with Gasteiger partial charge in [-0.1, -0.05) is 18.2 Å². The van der Waals surface area contributed by atoms with E-state index in [1.54, 1.807) is 0 Å². The number of imidazole rings is 1. The number of aromatic nitrogens is 2. The average molecular weight is 324 g/mol. The number of hydrogen-bond donors (Lipinski definition) is 2. The zero-order valence-electron chi connectivity index (χ0n) is 13.1. The van der Waals surface area contributed by atoms with Gasteiger partial charge in [0.05, 0.1) is 6.54 Å². The van der Waals surface area contributed by atoms with Crippen molar-refractivity contribution in [3.8, 4) is 11.5 Å². The molecule has 5 rings (SSSR count). The number of aliphatic hydroxyl groups is 1. The predicted molar refractivity (Wildman–Crippen MR) is 88.1 cm³/mol. The van der Waals surface area contributed by atoms with Gasteiger partial charge in [-0.2, -0.15) is 0 Å². The summed E-state index contributed by atoms with van der Waals surface area (Å²) in [6.07, 6.45) is -0.623. The van der Waals surface area contributed by atoms with Gasteiger partial charge in [0.15, 0.2) is 11.5 Å². The number of ether oxygens (including phenoxy) is 2. The van der Waals surface area contributed by atoms with Crippen LogP contribution in [0.2, 0.25) is 0 Å². The summed E-state index contributed by atoms with van der Waals surface area (Å²) in [4.78, 5) is 0. The van der Waals surface area contributed by atoms with Gasteiger partial charge in [0.2, 0.25) is 6.79 Å². The third kappa shape index (κ3) is 1.96. The van der Waals surface area contributed by atoms with E-state index in [9.17, 15) is 5.11 Å². The minimum Gasteiger partial charge on any atom is -0.454 e. The normalized spacial score (nSPS) is 16.2. The molecule has 1 atom stereocenters. The number of benzene rings is 2. The molecule has 2 N–H and O–H groups in total. The first-order chi connectivity index (χ1) is 11.8. The van der Waals surface area contributed by atoms with E-state index in [1.807, 2.05) is 30.3 Å². The Morgan fingerprint density at radius 3 is 3.00 bits per heavy atom. The number of fused-ring (bicyclic) bond motifs is 4. The lowest BCUT2D eigenvalue weighted by molar-refractivity contribution is -0.644. The van der Waals surface area contributed by atoms with Crippen LogP contribution in [-0.4, -0.2) is 23.0 Å². The van der Waals surface area contributed by atoms with Crippen LogP contribution in [0.5, 0.6) is 11.5 Å². The minimum absolute atomic E-state index is 0.241. The summed E-state index contributed by atoms with van der Waals surface area (Å²) in [5.74, 6) is 2.48. The molecule has 1 unspecified atom stereocenters. The van der Waals surface area contributed by atoms with Crippen LogP contribution in [0, 0.1) is 0 Å². The third-order valence-electron chi connectivity index (χ3n) is 4.73. The van der Waals surface area contributed by atoms with E-state index in [0.29, 0.717) is 12.3 Å². The van der Waals surface area contributed by atoms with Crippen LogP contribution in [0.15, 0.2) is 42.5 Å². The predicted octanol–water partition coefficient (Wildman–Crippen LogP) is 1.82. The van der Waals surface area contributed by atoms with Crippen molar-refractivity contribution in [2.45, 2.75) is 19.2 Å². The molecule has 0 radical (unpaired) electrons. The summed E-state index contributed by atoms with van der Waals surface area (Å²) in [5.41, 5.74) is 3.14. The highest BCUT2D eigenvalue weighted by Crippen LogP contribution is 2.35. The monoisotopic (exact) mass is 324 g/mol. The Labute approximate surface area is 138 Å². The summed E-state index contributed by atoms with van der Waals surface area (Å²) in [6.45, 7) is 2.59. The number of nitrogens with one attached hydrogen (secondary N) is 1. The quantitative estimate of drug-likeness (QED) is 0.722. The molecule has 0 saturated carbocycles. The van der Waals surface area contributed by atoms with Crippen molar-refractivity contribution in [2.24, 2.45) is 0 Å². The second-order valence-electron chi connectivity index (χ2n) is 6.13. The van der Waals surface area contributed by atoms with Crippen LogP contribution >= 0.6 is 0 Å². The van der Waals surface area contributed by atoms with Gasteiger partial charge < -0.3 is 14.6 Å².